The Hall–Kier alpha value is -4.18. The van der Waals surface area contributed by atoms with Gasteiger partial charge in [-0.25, -0.2) is 0 Å². The zero-order chi connectivity index (χ0) is 28.7. The van der Waals surface area contributed by atoms with Crippen molar-refractivity contribution < 1.29 is 24.1 Å². The van der Waals surface area contributed by atoms with E-state index in [-0.39, 0.29) is 45.9 Å². The summed E-state index contributed by atoms with van der Waals surface area (Å²) in [5.74, 6) is -0.179. The largest absolute Gasteiger partial charge is 0.490 e. The molecule has 0 radical (unpaired) electrons. The Kier molecular flexibility index (Phi) is 9.84. The van der Waals surface area contributed by atoms with Crippen LogP contribution in [0.4, 0.5) is 17.1 Å². The second kappa shape index (κ2) is 13.1. The second-order valence-corrected chi connectivity index (χ2v) is 9.31. The normalized spacial score (nSPS) is 10.9. The van der Waals surface area contributed by atoms with Crippen LogP contribution in [0, 0.1) is 31.6 Å². The van der Waals surface area contributed by atoms with Crippen LogP contribution in [0.15, 0.2) is 58.6 Å². The number of carbonyl (C=O) groups excluding carboxylic acids is 1. The Balaban J connectivity index is 1.85. The number of amides is 1. The van der Waals surface area contributed by atoms with Crippen LogP contribution in [0.3, 0.4) is 0 Å². The van der Waals surface area contributed by atoms with Crippen LogP contribution in [0.2, 0.25) is 10.0 Å². The molecule has 0 aliphatic rings. The second-order valence-electron chi connectivity index (χ2n) is 7.64. The lowest BCUT2D eigenvalue weighted by molar-refractivity contribution is -0.385. The molecule has 0 aliphatic heterocycles. The molecule has 0 fully saturated rings. The molecule has 39 heavy (non-hydrogen) atoms. The Morgan fingerprint density at radius 3 is 2.21 bits per heavy atom. The molecule has 0 saturated heterocycles. The SMILES string of the molecule is CCOc1cc(/C=C(\C#N)C(=O)Nc2c(Cl)cc([N+](=O)[O-])cc2Cl)cc(Br)c1OCc1ccc([N+](=O)[O-])cc1. The van der Waals surface area contributed by atoms with E-state index in [0.717, 1.165) is 12.1 Å². The van der Waals surface area contributed by atoms with E-state index in [2.05, 4.69) is 21.2 Å². The first-order valence-corrected chi connectivity index (χ1v) is 12.5. The lowest BCUT2D eigenvalue weighted by Crippen LogP contribution is -2.14. The van der Waals surface area contributed by atoms with Crippen molar-refractivity contribution in [1.82, 2.24) is 0 Å². The number of nitrogens with zero attached hydrogens (tertiary/aromatic N) is 3. The number of rotatable bonds is 10. The third-order valence-corrected chi connectivity index (χ3v) is 6.20. The number of non-ortho nitro benzene ring substituents is 2. The average Bonchev–Trinajstić information content (AvgIpc) is 2.89. The molecule has 1 N–H and O–H groups in total. The van der Waals surface area contributed by atoms with Crippen molar-refractivity contribution in [2.24, 2.45) is 0 Å². The van der Waals surface area contributed by atoms with Crippen molar-refractivity contribution in [3.63, 3.8) is 0 Å². The van der Waals surface area contributed by atoms with E-state index >= 15 is 0 Å². The molecular weight excluding hydrogens is 619 g/mol. The fraction of sp³-hybridized carbons (Fsp3) is 0.120. The van der Waals surface area contributed by atoms with Crippen LogP contribution >= 0.6 is 39.1 Å². The van der Waals surface area contributed by atoms with Crippen LogP contribution in [-0.4, -0.2) is 22.4 Å². The lowest BCUT2D eigenvalue weighted by Gasteiger charge is -2.15. The number of nitrogens with one attached hydrogen (secondary N) is 1. The number of benzene rings is 3. The van der Waals surface area contributed by atoms with Gasteiger partial charge in [0.25, 0.3) is 17.3 Å². The number of ether oxygens (including phenoxy) is 2. The number of hydrogen-bond acceptors (Lipinski definition) is 8. The van der Waals surface area contributed by atoms with Gasteiger partial charge in [0.05, 0.1) is 36.7 Å². The first kappa shape index (κ1) is 29.4. The smallest absolute Gasteiger partial charge is 0.272 e. The molecular formula is C25H17BrCl2N4O7. The van der Waals surface area contributed by atoms with Gasteiger partial charge in [0.15, 0.2) is 11.5 Å². The van der Waals surface area contributed by atoms with Gasteiger partial charge in [-0.05, 0) is 64.3 Å². The minimum absolute atomic E-state index is 0.0402. The van der Waals surface area contributed by atoms with Crippen LogP contribution in [0.5, 0.6) is 11.5 Å². The summed E-state index contributed by atoms with van der Waals surface area (Å²) in [5, 5.41) is 33.5. The van der Waals surface area contributed by atoms with Gasteiger partial charge >= 0.3 is 0 Å². The van der Waals surface area contributed by atoms with Gasteiger partial charge in [0.2, 0.25) is 0 Å². The highest BCUT2D eigenvalue weighted by molar-refractivity contribution is 9.10. The summed E-state index contributed by atoms with van der Waals surface area (Å²) in [4.78, 5) is 33.4. The summed E-state index contributed by atoms with van der Waals surface area (Å²) >= 11 is 15.5. The van der Waals surface area contributed by atoms with E-state index in [1.54, 1.807) is 37.3 Å². The van der Waals surface area contributed by atoms with Gasteiger partial charge in [-0.15, -0.1) is 0 Å². The number of nitro groups is 2. The Labute approximate surface area is 240 Å². The van der Waals surface area contributed by atoms with Crippen LogP contribution in [0.25, 0.3) is 6.08 Å². The molecule has 0 heterocycles. The molecule has 0 bridgehead atoms. The number of carbonyl (C=O) groups is 1. The third kappa shape index (κ3) is 7.44. The highest BCUT2D eigenvalue weighted by Gasteiger charge is 2.19. The number of anilines is 1. The van der Waals surface area contributed by atoms with Gasteiger partial charge in [-0.3, -0.25) is 25.0 Å². The van der Waals surface area contributed by atoms with Crippen LogP contribution in [0.1, 0.15) is 18.1 Å². The van der Waals surface area contributed by atoms with Crippen molar-refractivity contribution >= 4 is 68.2 Å². The molecule has 3 aromatic carbocycles. The molecule has 0 unspecified atom stereocenters. The van der Waals surface area contributed by atoms with Gasteiger partial charge in [-0.2, -0.15) is 5.26 Å². The first-order chi connectivity index (χ1) is 18.5. The molecule has 0 aliphatic carbocycles. The summed E-state index contributed by atoms with van der Waals surface area (Å²) < 4.78 is 12.0. The standard InChI is InChI=1S/C25H17BrCl2N4O7/c1-2-38-22-9-15(8-19(26)24(22)39-13-14-3-5-17(6-4-14)31(34)35)7-16(12-29)25(33)30-23-20(27)10-18(32(36)37)11-21(23)28/h3-11H,2,13H2,1H3,(H,30,33)/b16-7+. The predicted molar refractivity (Wildman–Crippen MR) is 148 cm³/mol. The molecule has 1 amide bonds. The van der Waals surface area contributed by atoms with Crippen molar-refractivity contribution in [3.8, 4) is 17.6 Å². The topological polar surface area (TPSA) is 158 Å². The maximum absolute atomic E-state index is 12.8. The number of nitriles is 1. The number of hydrogen-bond donors (Lipinski definition) is 1. The fourth-order valence-corrected chi connectivity index (χ4v) is 4.37. The molecule has 11 nitrogen and oxygen atoms in total. The van der Waals surface area contributed by atoms with E-state index in [9.17, 15) is 30.3 Å². The van der Waals surface area contributed by atoms with Crippen LogP contribution in [-0.2, 0) is 11.4 Å². The van der Waals surface area contributed by atoms with E-state index in [1.165, 1.54) is 18.2 Å². The zero-order valence-corrected chi connectivity index (χ0v) is 23.0. The molecule has 14 heteroatoms. The van der Waals surface area contributed by atoms with Crippen molar-refractivity contribution in [1.29, 1.82) is 5.26 Å². The first-order valence-electron chi connectivity index (χ1n) is 10.9. The minimum Gasteiger partial charge on any atom is -0.490 e. The maximum Gasteiger partial charge on any atom is 0.272 e. The summed E-state index contributed by atoms with van der Waals surface area (Å²) in [6.07, 6.45) is 1.30. The van der Waals surface area contributed by atoms with E-state index in [0.29, 0.717) is 27.1 Å². The van der Waals surface area contributed by atoms with Crippen LogP contribution < -0.4 is 14.8 Å². The molecule has 0 spiro atoms. The Bertz CT molecular complexity index is 1500. The highest BCUT2D eigenvalue weighted by atomic mass is 79.9. The Morgan fingerprint density at radius 1 is 1.05 bits per heavy atom. The minimum atomic E-state index is -0.845. The summed E-state index contributed by atoms with van der Waals surface area (Å²) in [6.45, 7) is 2.15. The van der Waals surface area contributed by atoms with Crippen molar-refractivity contribution in [2.45, 2.75) is 13.5 Å². The lowest BCUT2D eigenvalue weighted by atomic mass is 10.1. The maximum atomic E-state index is 12.8. The Morgan fingerprint density at radius 2 is 1.67 bits per heavy atom. The highest BCUT2D eigenvalue weighted by Crippen LogP contribution is 2.39. The molecule has 0 saturated carbocycles. The van der Waals surface area contributed by atoms with Gasteiger partial charge in [0, 0.05) is 24.3 Å². The van der Waals surface area contributed by atoms with Gasteiger partial charge in [0.1, 0.15) is 18.2 Å². The molecule has 3 rings (SSSR count). The average molecular weight is 636 g/mol. The van der Waals surface area contributed by atoms with E-state index in [4.69, 9.17) is 32.7 Å². The predicted octanol–water partition coefficient (Wildman–Crippen LogP) is 7.10. The molecule has 3 aromatic rings. The fourth-order valence-electron chi connectivity index (χ4n) is 3.22. The molecule has 0 aromatic heterocycles. The third-order valence-electron chi connectivity index (χ3n) is 5.01. The molecule has 0 atom stereocenters. The van der Waals surface area contributed by atoms with Gasteiger partial charge in [-0.1, -0.05) is 23.2 Å². The number of nitro benzene ring substituents is 2. The summed E-state index contributed by atoms with van der Waals surface area (Å²) in [5.41, 5.74) is 0.312. The van der Waals surface area contributed by atoms with E-state index in [1.807, 2.05) is 0 Å². The zero-order valence-electron chi connectivity index (χ0n) is 19.9. The van der Waals surface area contributed by atoms with Crippen molar-refractivity contribution in [3.05, 3.63) is 100.0 Å². The number of halogens is 3. The summed E-state index contributed by atoms with van der Waals surface area (Å²) in [7, 11) is 0. The quantitative estimate of drug-likeness (QED) is 0.107. The monoisotopic (exact) mass is 634 g/mol. The van der Waals surface area contributed by atoms with Crippen molar-refractivity contribution in [2.75, 3.05) is 11.9 Å². The van der Waals surface area contributed by atoms with E-state index < -0.39 is 15.8 Å². The summed E-state index contributed by atoms with van der Waals surface area (Å²) in [6, 6.07) is 12.9. The molecule has 200 valence electrons. The van der Waals surface area contributed by atoms with Gasteiger partial charge < -0.3 is 14.8 Å².